The zero-order valence-electron chi connectivity index (χ0n) is 16.0. The van der Waals surface area contributed by atoms with E-state index in [0.29, 0.717) is 29.9 Å². The second kappa shape index (κ2) is 9.48. The lowest BCUT2D eigenvalue weighted by Crippen LogP contribution is -2.34. The summed E-state index contributed by atoms with van der Waals surface area (Å²) in [4.78, 5) is 34.8. The summed E-state index contributed by atoms with van der Waals surface area (Å²) in [6.45, 7) is -0.383. The topological polar surface area (TPSA) is 78.1 Å². The largest absolute Gasteiger partial charge is 0.401 e. The third kappa shape index (κ3) is 6.19. The average Bonchev–Trinajstić information content (AvgIpc) is 3.17. The Labute approximate surface area is 174 Å². The molecule has 0 atom stereocenters. The average molecular weight is 449 g/mol. The third-order valence-electron chi connectivity index (χ3n) is 4.58. The summed E-state index contributed by atoms with van der Waals surface area (Å²) in [6.07, 6.45) is -0.748. The summed E-state index contributed by atoms with van der Waals surface area (Å²) in [5.74, 6) is 0.970. The van der Waals surface area contributed by atoms with Crippen molar-refractivity contribution in [2.24, 2.45) is 0 Å². The summed E-state index contributed by atoms with van der Waals surface area (Å²) in [7, 11) is 1.40. The van der Waals surface area contributed by atoms with Gasteiger partial charge in [0.05, 0.1) is 23.4 Å². The van der Waals surface area contributed by atoms with Crippen molar-refractivity contribution in [2.75, 3.05) is 32.4 Å². The Morgan fingerprint density at radius 3 is 2.93 bits per heavy atom. The number of hydrogen-bond acceptors (Lipinski definition) is 6. The van der Waals surface area contributed by atoms with Crippen LogP contribution < -0.4 is 10.9 Å². The molecule has 2 aromatic heterocycles. The van der Waals surface area contributed by atoms with E-state index in [2.05, 4.69) is 15.3 Å². The molecule has 11 heteroatoms. The first kappa shape index (κ1) is 22.1. The lowest BCUT2D eigenvalue weighted by molar-refractivity contribution is -0.143. The van der Waals surface area contributed by atoms with Crippen molar-refractivity contribution in [1.29, 1.82) is 0 Å². The smallest absolute Gasteiger partial charge is 0.355 e. The van der Waals surface area contributed by atoms with Crippen LogP contribution in [-0.4, -0.2) is 59.4 Å². The highest BCUT2D eigenvalue weighted by molar-refractivity contribution is 7.99. The number of aryl methyl sites for hydroxylation is 2. The number of aromatic nitrogens is 2. The van der Waals surface area contributed by atoms with Gasteiger partial charge in [0.2, 0.25) is 5.91 Å². The Morgan fingerprint density at radius 1 is 1.38 bits per heavy atom. The molecule has 2 N–H and O–H groups in total. The molecule has 160 valence electrons. The number of nitrogens with zero attached hydrogens (tertiary/aromatic N) is 2. The van der Waals surface area contributed by atoms with Crippen LogP contribution in [0.4, 0.5) is 13.2 Å². The van der Waals surface area contributed by atoms with Gasteiger partial charge in [0.15, 0.2) is 0 Å². The zero-order valence-corrected chi connectivity index (χ0v) is 17.7. The van der Waals surface area contributed by atoms with Gasteiger partial charge < -0.3 is 10.3 Å². The quantitative estimate of drug-likeness (QED) is 0.577. The Kier molecular flexibility index (Phi) is 7.23. The third-order valence-corrected chi connectivity index (χ3v) is 6.71. The molecular formula is C18H23F3N4O2S2. The van der Waals surface area contributed by atoms with Gasteiger partial charge in [-0.3, -0.25) is 14.5 Å². The molecule has 3 rings (SSSR count). The molecule has 1 amide bonds. The number of H-pyrrole nitrogens is 1. The number of carbonyl (C=O) groups excluding carboxylic acids is 1. The second-order valence-electron chi connectivity index (χ2n) is 7.10. The minimum absolute atomic E-state index is 0.113. The van der Waals surface area contributed by atoms with Gasteiger partial charge >= 0.3 is 6.18 Å². The summed E-state index contributed by atoms with van der Waals surface area (Å²) in [5, 5.41) is 3.41. The summed E-state index contributed by atoms with van der Waals surface area (Å²) >= 11 is 2.92. The summed E-state index contributed by atoms with van der Waals surface area (Å²) in [6, 6.07) is 0. The Bertz CT molecular complexity index is 926. The normalized spacial score (nSPS) is 14.0. The first-order chi connectivity index (χ1) is 13.7. The molecule has 29 heavy (non-hydrogen) atoms. The number of carbonyl (C=O) groups is 1. The van der Waals surface area contributed by atoms with Crippen molar-refractivity contribution in [3.8, 4) is 0 Å². The molecule has 1 aliphatic carbocycles. The molecular weight excluding hydrogens is 425 g/mol. The number of thioether (sulfide) groups is 1. The predicted octanol–water partition coefficient (Wildman–Crippen LogP) is 2.71. The van der Waals surface area contributed by atoms with Crippen molar-refractivity contribution in [3.05, 3.63) is 26.6 Å². The van der Waals surface area contributed by atoms with Gasteiger partial charge in [-0.2, -0.15) is 13.2 Å². The van der Waals surface area contributed by atoms with Gasteiger partial charge in [-0.25, -0.2) is 4.98 Å². The van der Waals surface area contributed by atoms with Crippen molar-refractivity contribution in [2.45, 2.75) is 37.6 Å². The fourth-order valence-corrected chi connectivity index (χ4v) is 5.37. The number of aromatic amines is 1. The predicted molar refractivity (Wildman–Crippen MR) is 110 cm³/mol. The molecule has 1 aliphatic rings. The maximum atomic E-state index is 12.4. The Morgan fingerprint density at radius 2 is 2.17 bits per heavy atom. The van der Waals surface area contributed by atoms with E-state index in [-0.39, 0.29) is 23.8 Å². The van der Waals surface area contributed by atoms with Crippen LogP contribution in [0.25, 0.3) is 10.2 Å². The van der Waals surface area contributed by atoms with Crippen LogP contribution in [0.15, 0.2) is 4.79 Å². The number of nitrogens with one attached hydrogen (secondary N) is 2. The van der Waals surface area contributed by atoms with Gasteiger partial charge in [0, 0.05) is 11.4 Å². The Hall–Kier alpha value is -1.59. The number of thiophene rings is 1. The van der Waals surface area contributed by atoms with Crippen LogP contribution in [0, 0.1) is 0 Å². The molecule has 0 unspecified atom stereocenters. The molecule has 0 spiro atoms. The highest BCUT2D eigenvalue weighted by Gasteiger charge is 2.28. The molecule has 0 fully saturated rings. The highest BCUT2D eigenvalue weighted by atomic mass is 32.2. The monoisotopic (exact) mass is 448 g/mol. The van der Waals surface area contributed by atoms with Gasteiger partial charge in [-0.1, -0.05) is 0 Å². The van der Waals surface area contributed by atoms with Crippen LogP contribution in [0.5, 0.6) is 0 Å². The van der Waals surface area contributed by atoms with Crippen LogP contribution in [0.3, 0.4) is 0 Å². The zero-order chi connectivity index (χ0) is 21.0. The van der Waals surface area contributed by atoms with Crippen molar-refractivity contribution >= 4 is 39.2 Å². The minimum atomic E-state index is -4.21. The van der Waals surface area contributed by atoms with E-state index in [4.69, 9.17) is 0 Å². The summed E-state index contributed by atoms with van der Waals surface area (Å²) in [5.41, 5.74) is 1.02. The van der Waals surface area contributed by atoms with Crippen LogP contribution in [-0.2, 0) is 23.4 Å². The van der Waals surface area contributed by atoms with E-state index in [1.165, 1.54) is 28.6 Å². The molecule has 0 aromatic carbocycles. The molecule has 0 radical (unpaired) electrons. The molecule has 0 saturated carbocycles. The van der Waals surface area contributed by atoms with E-state index >= 15 is 0 Å². The molecule has 0 saturated heterocycles. The van der Waals surface area contributed by atoms with Crippen LogP contribution >= 0.6 is 23.1 Å². The second-order valence-corrected chi connectivity index (χ2v) is 9.17. The molecule has 6 nitrogen and oxygen atoms in total. The van der Waals surface area contributed by atoms with Crippen LogP contribution in [0.2, 0.25) is 0 Å². The van der Waals surface area contributed by atoms with E-state index in [1.54, 1.807) is 11.3 Å². The van der Waals surface area contributed by atoms with Gasteiger partial charge in [-0.15, -0.1) is 23.1 Å². The van der Waals surface area contributed by atoms with Crippen molar-refractivity contribution < 1.29 is 18.0 Å². The fourth-order valence-electron chi connectivity index (χ4n) is 3.37. The van der Waals surface area contributed by atoms with Crippen molar-refractivity contribution in [1.82, 2.24) is 20.2 Å². The molecule has 0 aliphatic heterocycles. The van der Waals surface area contributed by atoms with E-state index in [0.717, 1.165) is 29.7 Å². The fraction of sp³-hybridized carbons (Fsp3) is 0.611. The standard InChI is InChI=1S/C18H23F3N4O2S2/c1-25(10-18(19,20)21)7-3-6-22-14(26)9-28-8-13-23-16(27)15-11-4-2-5-12(11)29-17(15)24-13/h2-10H2,1H3,(H,22,26)(H,23,24,27). The number of alkyl halides is 3. The summed E-state index contributed by atoms with van der Waals surface area (Å²) < 4.78 is 36.7. The minimum Gasteiger partial charge on any atom is -0.355 e. The SMILES string of the molecule is CN(CCCNC(=O)CSCc1nc2sc3c(c2c(=O)[nH]1)CCC3)CC(F)(F)F. The lowest BCUT2D eigenvalue weighted by atomic mass is 10.2. The highest BCUT2D eigenvalue weighted by Crippen LogP contribution is 2.34. The van der Waals surface area contributed by atoms with Gasteiger partial charge in [0.1, 0.15) is 10.7 Å². The number of halogens is 3. The molecule has 0 bridgehead atoms. The van der Waals surface area contributed by atoms with Crippen molar-refractivity contribution in [3.63, 3.8) is 0 Å². The first-order valence-corrected chi connectivity index (χ1v) is 11.3. The molecule has 2 aromatic rings. The maximum Gasteiger partial charge on any atom is 0.401 e. The van der Waals surface area contributed by atoms with Gasteiger partial charge in [0.25, 0.3) is 5.56 Å². The number of fused-ring (bicyclic) bond motifs is 3. The van der Waals surface area contributed by atoms with E-state index < -0.39 is 12.7 Å². The van der Waals surface area contributed by atoms with E-state index in [9.17, 15) is 22.8 Å². The number of hydrogen-bond donors (Lipinski definition) is 2. The number of rotatable bonds is 9. The van der Waals surface area contributed by atoms with Gasteiger partial charge in [-0.05, 0) is 44.8 Å². The Balaban J connectivity index is 1.39. The first-order valence-electron chi connectivity index (χ1n) is 9.36. The maximum absolute atomic E-state index is 12.4. The van der Waals surface area contributed by atoms with Crippen LogP contribution in [0.1, 0.15) is 29.1 Å². The van der Waals surface area contributed by atoms with E-state index in [1.807, 2.05) is 0 Å². The number of amides is 1. The molecule has 2 heterocycles. The lowest BCUT2D eigenvalue weighted by Gasteiger charge is -2.18.